The Morgan fingerprint density at radius 3 is 2.38 bits per heavy atom. The highest BCUT2D eigenvalue weighted by atomic mass is 16.2. The molecule has 16 heavy (non-hydrogen) atoms. The Kier molecular flexibility index (Phi) is 2.91. The van der Waals surface area contributed by atoms with Crippen molar-refractivity contribution in [3.05, 3.63) is 0 Å². The smallest absolute Gasteiger partial charge is 0.310 e. The second-order valence-electron chi connectivity index (χ2n) is 5.43. The SMILES string of the molecule is CC1(C)C(=O)NC(=O)N1CC1CCCCC1. The van der Waals surface area contributed by atoms with Crippen molar-refractivity contribution in [1.29, 1.82) is 0 Å². The molecule has 4 heteroatoms. The van der Waals surface area contributed by atoms with Gasteiger partial charge in [-0.25, -0.2) is 4.79 Å². The summed E-state index contributed by atoms with van der Waals surface area (Å²) in [6.45, 7) is 4.36. The third-order valence-electron chi connectivity index (χ3n) is 3.86. The standard InChI is InChI=1S/C12H20N2O2/c1-12(2)10(15)13-11(16)14(12)8-9-6-4-3-5-7-9/h9H,3-8H2,1-2H3,(H,13,15,16). The molecule has 1 aliphatic heterocycles. The van der Waals surface area contributed by atoms with E-state index in [9.17, 15) is 9.59 Å². The van der Waals surface area contributed by atoms with Crippen LogP contribution < -0.4 is 5.32 Å². The van der Waals surface area contributed by atoms with Crippen LogP contribution in [0, 0.1) is 5.92 Å². The van der Waals surface area contributed by atoms with Crippen LogP contribution in [0.2, 0.25) is 0 Å². The van der Waals surface area contributed by atoms with E-state index < -0.39 is 5.54 Å². The first-order valence-electron chi connectivity index (χ1n) is 6.15. The number of rotatable bonds is 2. The largest absolute Gasteiger partial charge is 0.325 e. The molecule has 0 radical (unpaired) electrons. The second kappa shape index (κ2) is 4.07. The number of carbonyl (C=O) groups excluding carboxylic acids is 2. The van der Waals surface area contributed by atoms with E-state index >= 15 is 0 Å². The fourth-order valence-electron chi connectivity index (χ4n) is 2.63. The molecule has 1 saturated heterocycles. The summed E-state index contributed by atoms with van der Waals surface area (Å²) in [7, 11) is 0. The van der Waals surface area contributed by atoms with E-state index in [1.165, 1.54) is 32.1 Å². The van der Waals surface area contributed by atoms with Gasteiger partial charge in [-0.1, -0.05) is 19.3 Å². The second-order valence-corrected chi connectivity index (χ2v) is 5.43. The number of hydrogen-bond donors (Lipinski definition) is 1. The molecule has 2 aliphatic rings. The van der Waals surface area contributed by atoms with Gasteiger partial charge in [0, 0.05) is 6.54 Å². The van der Waals surface area contributed by atoms with Crippen molar-refractivity contribution < 1.29 is 9.59 Å². The Labute approximate surface area is 96.4 Å². The highest BCUT2D eigenvalue weighted by Crippen LogP contribution is 2.28. The third kappa shape index (κ3) is 1.93. The molecule has 2 fully saturated rings. The molecule has 0 aromatic heterocycles. The Bertz CT molecular complexity index is 306. The van der Waals surface area contributed by atoms with Gasteiger partial charge in [-0.05, 0) is 32.6 Å². The number of hydrogen-bond acceptors (Lipinski definition) is 2. The van der Waals surface area contributed by atoms with Crippen LogP contribution in [-0.4, -0.2) is 28.9 Å². The van der Waals surface area contributed by atoms with E-state index in [1.54, 1.807) is 4.90 Å². The van der Waals surface area contributed by atoms with Gasteiger partial charge in [0.15, 0.2) is 0 Å². The Balaban J connectivity index is 2.02. The van der Waals surface area contributed by atoms with Crippen LogP contribution in [0.3, 0.4) is 0 Å². The molecule has 90 valence electrons. The highest BCUT2D eigenvalue weighted by molar-refractivity contribution is 6.06. The average Bonchev–Trinajstić information content (AvgIpc) is 2.43. The maximum atomic E-state index is 11.7. The van der Waals surface area contributed by atoms with Crippen LogP contribution in [0.4, 0.5) is 4.79 Å². The Hall–Kier alpha value is -1.06. The molecule has 1 saturated carbocycles. The quantitative estimate of drug-likeness (QED) is 0.728. The predicted octanol–water partition coefficient (Wildman–Crippen LogP) is 1.90. The first-order valence-corrected chi connectivity index (χ1v) is 6.15. The molecule has 0 aromatic carbocycles. The third-order valence-corrected chi connectivity index (χ3v) is 3.86. The van der Waals surface area contributed by atoms with Crippen LogP contribution in [0.15, 0.2) is 0 Å². The van der Waals surface area contributed by atoms with Gasteiger partial charge in [0.05, 0.1) is 0 Å². The molecule has 0 unspecified atom stereocenters. The number of imide groups is 1. The van der Waals surface area contributed by atoms with Gasteiger partial charge < -0.3 is 4.90 Å². The first kappa shape index (κ1) is 11.4. The average molecular weight is 224 g/mol. The number of nitrogens with one attached hydrogen (secondary N) is 1. The molecular formula is C12H20N2O2. The van der Waals surface area contributed by atoms with Gasteiger partial charge in [0.2, 0.25) is 0 Å². The van der Waals surface area contributed by atoms with Gasteiger partial charge >= 0.3 is 6.03 Å². The van der Waals surface area contributed by atoms with Crippen molar-refractivity contribution in [3.8, 4) is 0 Å². The molecular weight excluding hydrogens is 204 g/mol. The van der Waals surface area contributed by atoms with Crippen molar-refractivity contribution in [2.45, 2.75) is 51.5 Å². The van der Waals surface area contributed by atoms with Crippen LogP contribution >= 0.6 is 0 Å². The molecule has 1 aliphatic carbocycles. The van der Waals surface area contributed by atoms with Gasteiger partial charge in [-0.3, -0.25) is 10.1 Å². The molecule has 0 aromatic rings. The first-order chi connectivity index (χ1) is 7.51. The van der Waals surface area contributed by atoms with E-state index in [-0.39, 0.29) is 11.9 Å². The van der Waals surface area contributed by atoms with E-state index in [2.05, 4.69) is 5.32 Å². The van der Waals surface area contributed by atoms with E-state index in [0.29, 0.717) is 5.92 Å². The minimum Gasteiger partial charge on any atom is -0.310 e. The minimum absolute atomic E-state index is 0.173. The lowest BCUT2D eigenvalue weighted by Crippen LogP contribution is -2.46. The summed E-state index contributed by atoms with van der Waals surface area (Å²) in [5, 5.41) is 2.39. The fraction of sp³-hybridized carbons (Fsp3) is 0.833. The normalized spacial score (nSPS) is 26.0. The van der Waals surface area contributed by atoms with Crippen LogP contribution in [0.25, 0.3) is 0 Å². The van der Waals surface area contributed by atoms with Crippen molar-refractivity contribution in [1.82, 2.24) is 10.2 Å². The summed E-state index contributed by atoms with van der Waals surface area (Å²) in [5.41, 5.74) is -0.672. The van der Waals surface area contributed by atoms with E-state index in [4.69, 9.17) is 0 Å². The van der Waals surface area contributed by atoms with Crippen molar-refractivity contribution in [2.75, 3.05) is 6.54 Å². The maximum absolute atomic E-state index is 11.7. The zero-order valence-corrected chi connectivity index (χ0v) is 10.1. The number of carbonyl (C=O) groups is 2. The Morgan fingerprint density at radius 1 is 1.25 bits per heavy atom. The van der Waals surface area contributed by atoms with Gasteiger partial charge in [-0.15, -0.1) is 0 Å². The molecule has 1 heterocycles. The summed E-state index contributed by atoms with van der Waals surface area (Å²) in [6.07, 6.45) is 6.20. The summed E-state index contributed by atoms with van der Waals surface area (Å²) >= 11 is 0. The summed E-state index contributed by atoms with van der Waals surface area (Å²) in [5.74, 6) is 0.401. The highest BCUT2D eigenvalue weighted by Gasteiger charge is 2.45. The summed E-state index contributed by atoms with van der Waals surface area (Å²) < 4.78 is 0. The molecule has 0 spiro atoms. The Morgan fingerprint density at radius 2 is 1.88 bits per heavy atom. The monoisotopic (exact) mass is 224 g/mol. The van der Waals surface area contributed by atoms with E-state index in [1.807, 2.05) is 13.8 Å². The van der Waals surface area contributed by atoms with Crippen LogP contribution in [-0.2, 0) is 4.79 Å². The summed E-state index contributed by atoms with van der Waals surface area (Å²) in [6, 6.07) is -0.222. The fourth-order valence-corrected chi connectivity index (χ4v) is 2.63. The predicted molar refractivity (Wildman–Crippen MR) is 60.9 cm³/mol. The van der Waals surface area contributed by atoms with Gasteiger partial charge in [0.1, 0.15) is 5.54 Å². The number of amides is 3. The molecule has 0 bridgehead atoms. The van der Waals surface area contributed by atoms with Crippen molar-refractivity contribution in [3.63, 3.8) is 0 Å². The van der Waals surface area contributed by atoms with Crippen LogP contribution in [0.1, 0.15) is 46.0 Å². The van der Waals surface area contributed by atoms with Crippen molar-refractivity contribution in [2.24, 2.45) is 5.92 Å². The van der Waals surface area contributed by atoms with Gasteiger partial charge in [-0.2, -0.15) is 0 Å². The summed E-state index contributed by atoms with van der Waals surface area (Å²) in [4.78, 5) is 25.0. The van der Waals surface area contributed by atoms with Crippen molar-refractivity contribution >= 4 is 11.9 Å². The van der Waals surface area contributed by atoms with Gasteiger partial charge in [0.25, 0.3) is 5.91 Å². The lowest BCUT2D eigenvalue weighted by molar-refractivity contribution is -0.125. The maximum Gasteiger partial charge on any atom is 0.325 e. The zero-order chi connectivity index (χ0) is 11.8. The zero-order valence-electron chi connectivity index (χ0n) is 10.1. The number of urea groups is 1. The molecule has 4 nitrogen and oxygen atoms in total. The lowest BCUT2D eigenvalue weighted by Gasteiger charge is -2.33. The minimum atomic E-state index is -0.672. The van der Waals surface area contributed by atoms with E-state index in [0.717, 1.165) is 6.54 Å². The molecule has 3 amide bonds. The lowest BCUT2D eigenvalue weighted by atomic mass is 9.88. The van der Waals surface area contributed by atoms with Crippen LogP contribution in [0.5, 0.6) is 0 Å². The molecule has 0 atom stereocenters. The molecule has 1 N–H and O–H groups in total. The molecule has 2 rings (SSSR count). The number of nitrogens with zero attached hydrogens (tertiary/aromatic N) is 1. The topological polar surface area (TPSA) is 49.4 Å².